The number of aromatic amines is 1. The van der Waals surface area contributed by atoms with E-state index in [0.29, 0.717) is 12.4 Å². The van der Waals surface area contributed by atoms with Crippen LogP contribution in [0.1, 0.15) is 25.6 Å². The van der Waals surface area contributed by atoms with Gasteiger partial charge >= 0.3 is 5.97 Å². The molecule has 0 fully saturated rings. The summed E-state index contributed by atoms with van der Waals surface area (Å²) in [4.78, 5) is 18.0. The van der Waals surface area contributed by atoms with Crippen LogP contribution in [0.3, 0.4) is 0 Å². The van der Waals surface area contributed by atoms with Crippen LogP contribution in [0.15, 0.2) is 12.4 Å². The lowest BCUT2D eigenvalue weighted by atomic mass is 10.2. The molecule has 0 unspecified atom stereocenters. The van der Waals surface area contributed by atoms with Crippen molar-refractivity contribution in [3.63, 3.8) is 0 Å². The summed E-state index contributed by atoms with van der Waals surface area (Å²) in [5.41, 5.74) is 0. The topological polar surface area (TPSA) is 55.0 Å². The largest absolute Gasteiger partial charge is 0.465 e. The van der Waals surface area contributed by atoms with Crippen LogP contribution in [0.2, 0.25) is 0 Å². The molecule has 1 aromatic heterocycles. The van der Waals surface area contributed by atoms with Gasteiger partial charge in [-0.05, 0) is 13.8 Å². The molecule has 0 amide bonds. The molecule has 0 spiro atoms. The Kier molecular flexibility index (Phi) is 2.85. The van der Waals surface area contributed by atoms with Crippen LogP contribution < -0.4 is 0 Å². The molecule has 1 aromatic rings. The molecule has 4 nitrogen and oxygen atoms in total. The Morgan fingerprint density at radius 1 is 1.83 bits per heavy atom. The Labute approximate surface area is 71.0 Å². The number of imidazole rings is 1. The van der Waals surface area contributed by atoms with E-state index in [0.717, 1.165) is 0 Å². The van der Waals surface area contributed by atoms with E-state index in [1.807, 2.05) is 0 Å². The Balaban J connectivity index is 2.59. The van der Waals surface area contributed by atoms with Crippen LogP contribution in [-0.4, -0.2) is 22.5 Å². The van der Waals surface area contributed by atoms with Crippen molar-refractivity contribution >= 4 is 5.97 Å². The summed E-state index contributed by atoms with van der Waals surface area (Å²) in [6, 6.07) is 0. The van der Waals surface area contributed by atoms with Crippen molar-refractivity contribution in [3.05, 3.63) is 18.2 Å². The highest BCUT2D eigenvalue weighted by Crippen LogP contribution is 2.10. The fraction of sp³-hybridized carbons (Fsp3) is 0.500. The van der Waals surface area contributed by atoms with E-state index in [1.165, 1.54) is 0 Å². The van der Waals surface area contributed by atoms with Gasteiger partial charge in [0.25, 0.3) is 0 Å². The number of rotatable bonds is 3. The number of H-pyrrole nitrogens is 1. The lowest BCUT2D eigenvalue weighted by molar-refractivity contribution is -0.144. The second kappa shape index (κ2) is 3.90. The van der Waals surface area contributed by atoms with Crippen molar-refractivity contribution < 1.29 is 9.53 Å². The van der Waals surface area contributed by atoms with Crippen LogP contribution in [-0.2, 0) is 9.53 Å². The lowest BCUT2D eigenvalue weighted by Gasteiger charge is -2.06. The van der Waals surface area contributed by atoms with Crippen molar-refractivity contribution in [2.75, 3.05) is 6.61 Å². The summed E-state index contributed by atoms with van der Waals surface area (Å²) in [6.07, 6.45) is 3.30. The minimum absolute atomic E-state index is 0.243. The van der Waals surface area contributed by atoms with E-state index < -0.39 is 0 Å². The van der Waals surface area contributed by atoms with E-state index in [-0.39, 0.29) is 11.9 Å². The highest BCUT2D eigenvalue weighted by atomic mass is 16.5. The van der Waals surface area contributed by atoms with Crippen LogP contribution in [0, 0.1) is 0 Å². The molecular weight excluding hydrogens is 156 g/mol. The zero-order valence-corrected chi connectivity index (χ0v) is 7.20. The van der Waals surface area contributed by atoms with Crippen LogP contribution in [0.25, 0.3) is 0 Å². The van der Waals surface area contributed by atoms with Crippen molar-refractivity contribution in [1.82, 2.24) is 9.97 Å². The molecule has 0 saturated carbocycles. The standard InChI is InChI=1S/C8H12N2O2/c1-3-12-8(11)6(2)7-9-4-5-10-7/h4-6H,3H2,1-2H3,(H,9,10)/t6-/m0/s1. The third kappa shape index (κ3) is 1.84. The second-order valence-electron chi connectivity index (χ2n) is 2.45. The molecule has 0 bridgehead atoms. The van der Waals surface area contributed by atoms with Crippen molar-refractivity contribution in [1.29, 1.82) is 0 Å². The number of carbonyl (C=O) groups is 1. The van der Waals surface area contributed by atoms with Gasteiger partial charge in [-0.3, -0.25) is 4.79 Å². The van der Waals surface area contributed by atoms with E-state index in [1.54, 1.807) is 26.2 Å². The van der Waals surface area contributed by atoms with Crippen molar-refractivity contribution in [2.24, 2.45) is 0 Å². The van der Waals surface area contributed by atoms with Gasteiger partial charge in [-0.2, -0.15) is 0 Å². The number of hydrogen-bond donors (Lipinski definition) is 1. The van der Waals surface area contributed by atoms with E-state index in [2.05, 4.69) is 9.97 Å². The summed E-state index contributed by atoms with van der Waals surface area (Å²) in [5.74, 6) is 0.0980. The van der Waals surface area contributed by atoms with Gasteiger partial charge in [-0.25, -0.2) is 4.98 Å². The number of aromatic nitrogens is 2. The Bertz CT molecular complexity index is 244. The Morgan fingerprint density at radius 2 is 2.58 bits per heavy atom. The quantitative estimate of drug-likeness (QED) is 0.687. The maximum atomic E-state index is 11.2. The summed E-state index contributed by atoms with van der Waals surface area (Å²) in [7, 11) is 0. The third-order valence-electron chi connectivity index (χ3n) is 1.57. The summed E-state index contributed by atoms with van der Waals surface area (Å²) >= 11 is 0. The molecule has 0 radical (unpaired) electrons. The smallest absolute Gasteiger partial charge is 0.316 e. The van der Waals surface area contributed by atoms with Crippen LogP contribution in [0.4, 0.5) is 0 Å². The first-order valence-electron chi connectivity index (χ1n) is 3.91. The molecule has 0 aliphatic heterocycles. The first-order chi connectivity index (χ1) is 5.75. The predicted molar refractivity (Wildman–Crippen MR) is 43.6 cm³/mol. The number of nitrogens with zero attached hydrogens (tertiary/aromatic N) is 1. The number of ether oxygens (including phenoxy) is 1. The van der Waals surface area contributed by atoms with Gasteiger partial charge < -0.3 is 9.72 Å². The van der Waals surface area contributed by atoms with Gasteiger partial charge in [0.2, 0.25) is 0 Å². The molecule has 1 rings (SSSR count). The molecule has 1 N–H and O–H groups in total. The normalized spacial score (nSPS) is 12.5. The second-order valence-corrected chi connectivity index (χ2v) is 2.45. The highest BCUT2D eigenvalue weighted by molar-refractivity contribution is 5.76. The van der Waals surface area contributed by atoms with E-state index >= 15 is 0 Å². The molecule has 0 aliphatic rings. The zero-order valence-electron chi connectivity index (χ0n) is 7.20. The molecule has 0 saturated heterocycles. The SMILES string of the molecule is CCOC(=O)[C@@H](C)c1ncc[nH]1. The van der Waals surface area contributed by atoms with E-state index in [9.17, 15) is 4.79 Å². The molecule has 1 heterocycles. The molecule has 12 heavy (non-hydrogen) atoms. The van der Waals surface area contributed by atoms with Gasteiger partial charge in [-0.15, -0.1) is 0 Å². The van der Waals surface area contributed by atoms with Crippen LogP contribution in [0.5, 0.6) is 0 Å². The number of nitrogens with one attached hydrogen (secondary N) is 1. The fourth-order valence-electron chi connectivity index (χ4n) is 0.893. The first-order valence-corrected chi connectivity index (χ1v) is 3.91. The molecule has 0 aromatic carbocycles. The minimum Gasteiger partial charge on any atom is -0.465 e. The number of carbonyl (C=O) groups excluding carboxylic acids is 1. The average Bonchev–Trinajstić information content (AvgIpc) is 2.55. The van der Waals surface area contributed by atoms with Crippen molar-refractivity contribution in [3.8, 4) is 0 Å². The summed E-state index contributed by atoms with van der Waals surface area (Å²) in [6.45, 7) is 3.95. The molecule has 0 aliphatic carbocycles. The van der Waals surface area contributed by atoms with Gasteiger partial charge in [0.15, 0.2) is 0 Å². The van der Waals surface area contributed by atoms with E-state index in [4.69, 9.17) is 4.74 Å². The maximum Gasteiger partial charge on any atom is 0.316 e. The fourth-order valence-corrected chi connectivity index (χ4v) is 0.893. The summed E-state index contributed by atoms with van der Waals surface area (Å²) < 4.78 is 4.83. The lowest BCUT2D eigenvalue weighted by Crippen LogP contribution is -2.14. The first kappa shape index (κ1) is 8.77. The highest BCUT2D eigenvalue weighted by Gasteiger charge is 2.17. The average molecular weight is 168 g/mol. The Morgan fingerprint density at radius 3 is 3.08 bits per heavy atom. The number of esters is 1. The maximum absolute atomic E-state index is 11.2. The Hall–Kier alpha value is -1.32. The molecule has 4 heteroatoms. The number of hydrogen-bond acceptors (Lipinski definition) is 3. The third-order valence-corrected chi connectivity index (χ3v) is 1.57. The zero-order chi connectivity index (χ0) is 8.97. The minimum atomic E-state index is -0.306. The van der Waals surface area contributed by atoms with Gasteiger partial charge in [0.1, 0.15) is 11.7 Å². The van der Waals surface area contributed by atoms with Crippen molar-refractivity contribution in [2.45, 2.75) is 19.8 Å². The van der Waals surface area contributed by atoms with Gasteiger partial charge in [-0.1, -0.05) is 0 Å². The van der Waals surface area contributed by atoms with Gasteiger partial charge in [0.05, 0.1) is 6.61 Å². The van der Waals surface area contributed by atoms with Gasteiger partial charge in [0, 0.05) is 12.4 Å². The molecule has 66 valence electrons. The molecular formula is C8H12N2O2. The predicted octanol–water partition coefficient (Wildman–Crippen LogP) is 1.08. The van der Waals surface area contributed by atoms with Crippen LogP contribution >= 0.6 is 0 Å². The molecule has 1 atom stereocenters. The summed E-state index contributed by atoms with van der Waals surface area (Å²) in [5, 5.41) is 0. The monoisotopic (exact) mass is 168 g/mol.